The summed E-state index contributed by atoms with van der Waals surface area (Å²) in [6.07, 6.45) is 0.735. The first kappa shape index (κ1) is 31.0. The number of rotatable bonds is 12. The molecule has 0 heterocycles. The summed E-state index contributed by atoms with van der Waals surface area (Å²) in [5.74, 6) is -0.578. The van der Waals surface area contributed by atoms with Gasteiger partial charge in [-0.15, -0.1) is 0 Å². The lowest BCUT2D eigenvalue weighted by molar-refractivity contribution is -0.139. The smallest absolute Gasteiger partial charge is 0.264 e. The molecule has 3 aromatic rings. The Hall–Kier alpha value is -3.56. The van der Waals surface area contributed by atoms with E-state index in [1.165, 1.54) is 24.1 Å². The lowest BCUT2D eigenvalue weighted by Crippen LogP contribution is -2.51. The van der Waals surface area contributed by atoms with E-state index >= 15 is 0 Å². The van der Waals surface area contributed by atoms with Crippen molar-refractivity contribution < 1.29 is 22.7 Å². The van der Waals surface area contributed by atoms with E-state index < -0.39 is 28.5 Å². The van der Waals surface area contributed by atoms with Crippen molar-refractivity contribution in [3.63, 3.8) is 0 Å². The van der Waals surface area contributed by atoms with Crippen LogP contribution in [-0.4, -0.2) is 51.4 Å². The van der Waals surface area contributed by atoms with Crippen molar-refractivity contribution in [2.24, 2.45) is 0 Å². The number of carbonyl (C=O) groups excluding carboxylic acids is 2. The minimum absolute atomic E-state index is 0.0347. The maximum absolute atomic E-state index is 14.0. The van der Waals surface area contributed by atoms with Gasteiger partial charge in [-0.2, -0.15) is 0 Å². The molecule has 0 aliphatic rings. The zero-order valence-corrected chi connectivity index (χ0v) is 25.1. The molecule has 0 unspecified atom stereocenters. The standard InChI is InChI=1S/C30H36ClN3O5S/c1-6-17-32-30(36)23(4)33(19-24-10-12-25(31)13-11-24)29(35)20-34(27-18-22(3)9-16-28(27)39-5)40(37,38)26-14-7-21(2)8-15-26/h7-16,18,23H,6,17,19-20H2,1-5H3,(H,32,36)/t23-/m0/s1. The van der Waals surface area contributed by atoms with Gasteiger partial charge in [0, 0.05) is 18.1 Å². The van der Waals surface area contributed by atoms with Crippen LogP contribution in [0.3, 0.4) is 0 Å². The van der Waals surface area contributed by atoms with Crippen molar-refractivity contribution in [3.05, 3.63) is 88.4 Å². The predicted molar refractivity (Wildman–Crippen MR) is 158 cm³/mol. The van der Waals surface area contributed by atoms with Crippen LogP contribution >= 0.6 is 11.6 Å². The number of aryl methyl sites for hydroxylation is 2. The summed E-state index contributed by atoms with van der Waals surface area (Å²) in [4.78, 5) is 28.4. The third kappa shape index (κ3) is 7.55. The minimum Gasteiger partial charge on any atom is -0.495 e. The highest BCUT2D eigenvalue weighted by atomic mass is 35.5. The number of benzene rings is 3. The molecule has 0 spiro atoms. The summed E-state index contributed by atoms with van der Waals surface area (Å²) in [5.41, 5.74) is 2.66. The Morgan fingerprint density at radius 1 is 0.975 bits per heavy atom. The van der Waals surface area contributed by atoms with Gasteiger partial charge in [-0.25, -0.2) is 8.42 Å². The predicted octanol–water partition coefficient (Wildman–Crippen LogP) is 5.10. The lowest BCUT2D eigenvalue weighted by Gasteiger charge is -2.32. The average Bonchev–Trinajstić information content (AvgIpc) is 2.93. The number of carbonyl (C=O) groups is 2. The largest absolute Gasteiger partial charge is 0.495 e. The molecule has 40 heavy (non-hydrogen) atoms. The zero-order chi connectivity index (χ0) is 29.4. The average molecular weight is 586 g/mol. The zero-order valence-electron chi connectivity index (χ0n) is 23.5. The Kier molecular flexibility index (Phi) is 10.6. The van der Waals surface area contributed by atoms with Gasteiger partial charge >= 0.3 is 0 Å². The van der Waals surface area contributed by atoms with Crippen molar-refractivity contribution in [2.75, 3.05) is 24.5 Å². The van der Waals surface area contributed by atoms with Crippen LogP contribution < -0.4 is 14.4 Å². The number of anilines is 1. The van der Waals surface area contributed by atoms with Gasteiger partial charge in [-0.05, 0) is 74.7 Å². The number of hydrogen-bond donors (Lipinski definition) is 1. The number of nitrogens with one attached hydrogen (secondary N) is 1. The van der Waals surface area contributed by atoms with Crippen LogP contribution in [0, 0.1) is 13.8 Å². The van der Waals surface area contributed by atoms with E-state index in [4.69, 9.17) is 16.3 Å². The van der Waals surface area contributed by atoms with Gasteiger partial charge in [0.15, 0.2) is 0 Å². The molecule has 3 rings (SSSR count). The van der Waals surface area contributed by atoms with Gasteiger partial charge in [-0.1, -0.05) is 54.4 Å². The van der Waals surface area contributed by atoms with Gasteiger partial charge in [0.05, 0.1) is 17.7 Å². The summed E-state index contributed by atoms with van der Waals surface area (Å²) in [5, 5.41) is 3.37. The second-order valence-corrected chi connectivity index (χ2v) is 11.9. The van der Waals surface area contributed by atoms with E-state index in [9.17, 15) is 18.0 Å². The Morgan fingerprint density at radius 2 is 1.60 bits per heavy atom. The molecular formula is C30H36ClN3O5S. The minimum atomic E-state index is -4.20. The van der Waals surface area contributed by atoms with Gasteiger partial charge in [0.25, 0.3) is 10.0 Å². The molecule has 0 saturated heterocycles. The molecule has 10 heteroatoms. The van der Waals surface area contributed by atoms with Gasteiger partial charge < -0.3 is 15.0 Å². The summed E-state index contributed by atoms with van der Waals surface area (Å²) in [7, 11) is -2.76. The third-order valence-corrected chi connectivity index (χ3v) is 8.50. The van der Waals surface area contributed by atoms with E-state index in [1.54, 1.807) is 61.5 Å². The van der Waals surface area contributed by atoms with Gasteiger partial charge in [0.2, 0.25) is 11.8 Å². The van der Waals surface area contributed by atoms with Crippen molar-refractivity contribution in [1.29, 1.82) is 0 Å². The van der Waals surface area contributed by atoms with Gasteiger partial charge in [-0.3, -0.25) is 13.9 Å². The molecule has 1 N–H and O–H groups in total. The van der Waals surface area contributed by atoms with Crippen LogP contribution in [0.15, 0.2) is 71.6 Å². The first-order valence-electron chi connectivity index (χ1n) is 13.0. The normalized spacial score (nSPS) is 11.9. The number of methoxy groups -OCH3 is 1. The molecule has 0 aliphatic carbocycles. The highest BCUT2D eigenvalue weighted by molar-refractivity contribution is 7.92. The van der Waals surface area contributed by atoms with E-state index in [-0.39, 0.29) is 23.0 Å². The SMILES string of the molecule is CCCNC(=O)[C@H](C)N(Cc1ccc(Cl)cc1)C(=O)CN(c1cc(C)ccc1OC)S(=O)(=O)c1ccc(C)cc1. The van der Waals surface area contributed by atoms with Crippen molar-refractivity contribution in [3.8, 4) is 5.75 Å². The maximum Gasteiger partial charge on any atom is 0.264 e. The summed E-state index contributed by atoms with van der Waals surface area (Å²) in [6.45, 7) is 7.25. The molecular weight excluding hydrogens is 550 g/mol. The van der Waals surface area contributed by atoms with Gasteiger partial charge in [0.1, 0.15) is 18.3 Å². The number of sulfonamides is 1. The summed E-state index contributed by atoms with van der Waals surface area (Å²) in [6, 6.07) is 17.6. The van der Waals surface area contributed by atoms with Crippen molar-refractivity contribution in [2.45, 2.75) is 51.6 Å². The monoisotopic (exact) mass is 585 g/mol. The van der Waals surface area contributed by atoms with Crippen LogP contribution in [-0.2, 0) is 26.2 Å². The first-order chi connectivity index (χ1) is 19.0. The van der Waals surface area contributed by atoms with E-state index in [2.05, 4.69) is 5.32 Å². The molecule has 0 bridgehead atoms. The van der Waals surface area contributed by atoms with Crippen LogP contribution in [0.25, 0.3) is 0 Å². The maximum atomic E-state index is 14.0. The molecule has 3 aromatic carbocycles. The van der Waals surface area contributed by atoms with Crippen molar-refractivity contribution in [1.82, 2.24) is 10.2 Å². The second-order valence-electron chi connectivity index (χ2n) is 9.62. The molecule has 2 amide bonds. The molecule has 214 valence electrons. The quantitative estimate of drug-likeness (QED) is 0.319. The van der Waals surface area contributed by atoms with Crippen LogP contribution in [0.1, 0.15) is 37.0 Å². The molecule has 0 aromatic heterocycles. The van der Waals surface area contributed by atoms with E-state index in [1.807, 2.05) is 20.8 Å². The Morgan fingerprint density at radius 3 is 2.20 bits per heavy atom. The Labute approximate surface area is 241 Å². The highest BCUT2D eigenvalue weighted by Crippen LogP contribution is 2.34. The number of halogens is 1. The topological polar surface area (TPSA) is 96.0 Å². The third-order valence-electron chi connectivity index (χ3n) is 6.47. The number of hydrogen-bond acceptors (Lipinski definition) is 5. The molecule has 0 saturated carbocycles. The highest BCUT2D eigenvalue weighted by Gasteiger charge is 2.33. The fraction of sp³-hybridized carbons (Fsp3) is 0.333. The summed E-state index contributed by atoms with van der Waals surface area (Å²) < 4.78 is 34.6. The second kappa shape index (κ2) is 13.7. The van der Waals surface area contributed by atoms with E-state index in [0.717, 1.165) is 27.4 Å². The molecule has 0 aliphatic heterocycles. The number of amides is 2. The Balaban J connectivity index is 2.08. The first-order valence-corrected chi connectivity index (χ1v) is 14.9. The summed E-state index contributed by atoms with van der Waals surface area (Å²) >= 11 is 6.05. The fourth-order valence-corrected chi connectivity index (χ4v) is 5.65. The molecule has 0 radical (unpaired) electrons. The lowest BCUT2D eigenvalue weighted by atomic mass is 10.1. The Bertz CT molecular complexity index is 1430. The molecule has 8 nitrogen and oxygen atoms in total. The van der Waals surface area contributed by atoms with Crippen molar-refractivity contribution >= 4 is 39.1 Å². The number of nitrogens with zero attached hydrogens (tertiary/aromatic N) is 2. The van der Waals surface area contributed by atoms with Crippen LogP contribution in [0.2, 0.25) is 5.02 Å². The van der Waals surface area contributed by atoms with Crippen LogP contribution in [0.4, 0.5) is 5.69 Å². The van der Waals surface area contributed by atoms with Crippen LogP contribution in [0.5, 0.6) is 5.75 Å². The fourth-order valence-electron chi connectivity index (χ4n) is 4.11. The number of ether oxygens (including phenoxy) is 1. The van der Waals surface area contributed by atoms with E-state index in [0.29, 0.717) is 17.3 Å². The molecule has 1 atom stereocenters. The molecule has 0 fully saturated rings.